The fraction of sp³-hybridized carbons (Fsp3) is 0.565. The lowest BCUT2D eigenvalue weighted by atomic mass is 10.0. The smallest absolute Gasteiger partial charge is 0.173 e. The summed E-state index contributed by atoms with van der Waals surface area (Å²) in [6.45, 7) is 13.2. The molecule has 0 atom stereocenters. The Morgan fingerprint density at radius 2 is 1.06 bits per heavy atom. The second-order valence-corrected chi connectivity index (χ2v) is 21.2. The second-order valence-electron chi connectivity index (χ2n) is 14.2. The van der Waals surface area contributed by atoms with Crippen LogP contribution in [0, 0.1) is 20.8 Å². The first-order valence-electron chi connectivity index (χ1n) is 20.1. The van der Waals surface area contributed by atoms with Gasteiger partial charge in [0.1, 0.15) is 15.9 Å². The quantitative estimate of drug-likeness (QED) is 0.0251. The topological polar surface area (TPSA) is 18.5 Å². The van der Waals surface area contributed by atoms with Crippen molar-refractivity contribution in [1.29, 1.82) is 0 Å². The normalized spacial score (nSPS) is 12.1. The fourth-order valence-corrected chi connectivity index (χ4v) is 15.1. The lowest BCUT2D eigenvalue weighted by Crippen LogP contribution is -2.31. The summed E-state index contributed by atoms with van der Waals surface area (Å²) < 4.78 is 12.4. The molecule has 0 fully saturated rings. The highest BCUT2D eigenvalue weighted by atomic mass is 127. The first kappa shape index (κ1) is 42.9. The maximum atomic E-state index is 6.21. The molecule has 0 aliphatic carbocycles. The van der Waals surface area contributed by atoms with E-state index in [4.69, 9.17) is 9.47 Å². The maximum absolute atomic E-state index is 6.21. The number of hydrogen-bond acceptors (Lipinski definition) is 2. The van der Waals surface area contributed by atoms with Gasteiger partial charge in [-0.15, -0.1) is 0 Å². The summed E-state index contributed by atoms with van der Waals surface area (Å²) in [4.78, 5) is -1.82. The van der Waals surface area contributed by atoms with E-state index in [0.29, 0.717) is 0 Å². The summed E-state index contributed by atoms with van der Waals surface area (Å²) in [6.07, 6.45) is 26.9. The Labute approximate surface area is 321 Å². The van der Waals surface area contributed by atoms with E-state index in [-0.39, 0.29) is 6.29 Å². The lowest BCUT2D eigenvalue weighted by molar-refractivity contribution is -0.148. The van der Waals surface area contributed by atoms with E-state index in [0.717, 1.165) is 45.3 Å². The van der Waals surface area contributed by atoms with Crippen LogP contribution in [0.4, 0.5) is 0 Å². The number of ether oxygens (including phenoxy) is 2. The molecule has 4 heteroatoms. The van der Waals surface area contributed by atoms with Crippen molar-refractivity contribution >= 4 is 42.9 Å². The zero-order chi connectivity index (χ0) is 35.9. The molecule has 50 heavy (non-hydrogen) atoms. The molecule has 0 aromatic heterocycles. The molecule has 0 aliphatic heterocycles. The van der Waals surface area contributed by atoms with E-state index in [1.165, 1.54) is 122 Å². The van der Waals surface area contributed by atoms with Gasteiger partial charge in [-0.05, 0) is 119 Å². The van der Waals surface area contributed by atoms with Gasteiger partial charge in [0.2, 0.25) is 0 Å². The average Bonchev–Trinajstić information content (AvgIpc) is 3.12. The molecule has 3 aromatic carbocycles. The van der Waals surface area contributed by atoms with Crippen molar-refractivity contribution in [2.75, 3.05) is 13.2 Å². The average molecular weight is 812 g/mol. The molecule has 0 spiro atoms. The van der Waals surface area contributed by atoms with Crippen LogP contribution in [0.3, 0.4) is 0 Å². The van der Waals surface area contributed by atoms with Gasteiger partial charge in [-0.25, -0.2) is 0 Å². The van der Waals surface area contributed by atoms with Crippen molar-refractivity contribution in [3.63, 3.8) is 0 Å². The zero-order valence-electron chi connectivity index (χ0n) is 32.4. The molecule has 0 aliphatic rings. The third-order valence-electron chi connectivity index (χ3n) is 10.0. The molecule has 3 rings (SSSR count). The highest BCUT2D eigenvalue weighted by molar-refractivity contribution is 14.2. The standard InChI is InChI=1S/C46H69IO2P/c1-6-8-10-18-26-37-48-46(49-38-27-19-11-9-7-2)36-21-17-15-13-12-14-16-20-31-42-32-28-35-45(41(42)5)50(47,43-33-24-22-29-39(43)3)44-34-25-23-30-40(44)4/h12,14,22-25,28-30,32-35,46H,6-11,13,15-21,26-27,31,36-38H2,1-5H3/q+1/b14-12-. The highest BCUT2D eigenvalue weighted by Crippen LogP contribution is 2.65. The SMILES string of the molecule is CCCCCCCOC(CCCCC/C=C\CCCc1cccc([P+](I)(c2ccccc2C)c2ccccc2C)c1C)OCCCCCCC. The van der Waals surface area contributed by atoms with Crippen LogP contribution >= 0.6 is 26.9 Å². The minimum Gasteiger partial charge on any atom is -0.353 e. The molecule has 0 radical (unpaired) electrons. The molecule has 0 bridgehead atoms. The molecule has 0 unspecified atom stereocenters. The Bertz CT molecular complexity index is 1310. The molecule has 0 saturated carbocycles. The van der Waals surface area contributed by atoms with Crippen LogP contribution in [0.25, 0.3) is 0 Å². The summed E-state index contributed by atoms with van der Waals surface area (Å²) in [5.74, 6) is 0. The number of halogens is 1. The summed E-state index contributed by atoms with van der Waals surface area (Å²) in [5, 5.41) is 4.50. The molecular weight excluding hydrogens is 742 g/mol. The van der Waals surface area contributed by atoms with Gasteiger partial charge in [0.05, 0.1) is 0 Å². The minimum atomic E-state index is -1.82. The third kappa shape index (κ3) is 14.5. The van der Waals surface area contributed by atoms with Crippen molar-refractivity contribution < 1.29 is 9.47 Å². The summed E-state index contributed by atoms with van der Waals surface area (Å²) >= 11 is 2.85. The number of aryl methyl sites for hydroxylation is 3. The first-order valence-corrected chi connectivity index (χ1v) is 24.7. The maximum Gasteiger partial charge on any atom is 0.173 e. The largest absolute Gasteiger partial charge is 0.353 e. The lowest BCUT2D eigenvalue weighted by Gasteiger charge is -2.25. The van der Waals surface area contributed by atoms with Gasteiger partial charge < -0.3 is 9.47 Å². The predicted octanol–water partition coefficient (Wildman–Crippen LogP) is 13.4. The number of hydrogen-bond donors (Lipinski definition) is 0. The number of unbranched alkanes of at least 4 members (excludes halogenated alkanes) is 12. The summed E-state index contributed by atoms with van der Waals surface area (Å²) in [6, 6.07) is 25.1. The molecule has 0 N–H and O–H groups in total. The van der Waals surface area contributed by atoms with E-state index in [1.54, 1.807) is 0 Å². The molecule has 276 valence electrons. The van der Waals surface area contributed by atoms with Crippen LogP contribution in [0.15, 0.2) is 78.9 Å². The highest BCUT2D eigenvalue weighted by Gasteiger charge is 2.46. The Kier molecular flexibility index (Phi) is 21.8. The van der Waals surface area contributed by atoms with Gasteiger partial charge in [0.15, 0.2) is 33.2 Å². The van der Waals surface area contributed by atoms with Crippen LogP contribution in [-0.4, -0.2) is 19.5 Å². The molecular formula is C46H69IO2P+. The van der Waals surface area contributed by atoms with Crippen LogP contribution in [0.2, 0.25) is 0 Å². The Balaban J connectivity index is 1.45. The minimum absolute atomic E-state index is 0.0159. The van der Waals surface area contributed by atoms with Gasteiger partial charge in [-0.3, -0.25) is 0 Å². The van der Waals surface area contributed by atoms with Crippen molar-refractivity contribution in [2.45, 2.75) is 156 Å². The first-order chi connectivity index (χ1) is 24.4. The summed E-state index contributed by atoms with van der Waals surface area (Å²) in [7, 11) is 0. The van der Waals surface area contributed by atoms with Crippen LogP contribution in [-0.2, 0) is 15.9 Å². The van der Waals surface area contributed by atoms with Gasteiger partial charge in [-0.1, -0.05) is 132 Å². The van der Waals surface area contributed by atoms with E-state index < -0.39 is 4.90 Å². The number of allylic oxidation sites excluding steroid dienone is 2. The van der Waals surface area contributed by atoms with Crippen LogP contribution in [0.1, 0.15) is 145 Å². The van der Waals surface area contributed by atoms with E-state index in [9.17, 15) is 0 Å². The molecule has 0 heterocycles. The number of benzene rings is 3. The summed E-state index contributed by atoms with van der Waals surface area (Å²) in [5.41, 5.74) is 5.75. The van der Waals surface area contributed by atoms with E-state index >= 15 is 0 Å². The van der Waals surface area contributed by atoms with Gasteiger partial charge >= 0.3 is 0 Å². The van der Waals surface area contributed by atoms with Crippen molar-refractivity contribution in [1.82, 2.24) is 0 Å². The Morgan fingerprint density at radius 1 is 0.560 bits per heavy atom. The third-order valence-corrected chi connectivity index (χ3v) is 18.2. The predicted molar refractivity (Wildman–Crippen MR) is 232 cm³/mol. The van der Waals surface area contributed by atoms with Gasteiger partial charge in [0, 0.05) is 13.2 Å². The zero-order valence-corrected chi connectivity index (χ0v) is 35.4. The van der Waals surface area contributed by atoms with E-state index in [1.807, 2.05) is 0 Å². The van der Waals surface area contributed by atoms with Crippen molar-refractivity contribution in [2.24, 2.45) is 0 Å². The monoisotopic (exact) mass is 811 g/mol. The molecule has 0 saturated heterocycles. The van der Waals surface area contributed by atoms with Crippen LogP contribution < -0.4 is 15.9 Å². The molecule has 2 nitrogen and oxygen atoms in total. The van der Waals surface area contributed by atoms with Crippen molar-refractivity contribution in [3.8, 4) is 0 Å². The van der Waals surface area contributed by atoms with Gasteiger partial charge in [-0.2, -0.15) is 0 Å². The van der Waals surface area contributed by atoms with Crippen LogP contribution in [0.5, 0.6) is 0 Å². The Morgan fingerprint density at radius 3 is 1.62 bits per heavy atom. The van der Waals surface area contributed by atoms with Crippen molar-refractivity contribution in [3.05, 3.63) is 101 Å². The molecule has 0 amide bonds. The fourth-order valence-electron chi connectivity index (χ4n) is 6.93. The second kappa shape index (κ2) is 25.5. The Hall–Kier alpha value is -1.52. The number of rotatable bonds is 27. The molecule has 3 aromatic rings. The van der Waals surface area contributed by atoms with Gasteiger partial charge in [0.25, 0.3) is 0 Å². The van der Waals surface area contributed by atoms with E-state index in [2.05, 4.69) is 136 Å².